The first-order chi connectivity index (χ1) is 27.4. The Balaban J connectivity index is 1.19. The van der Waals surface area contributed by atoms with E-state index >= 15 is 0 Å². The van der Waals surface area contributed by atoms with E-state index in [0.717, 1.165) is 17.1 Å². The minimum absolute atomic E-state index is 0.116. The summed E-state index contributed by atoms with van der Waals surface area (Å²) in [7, 11) is 0. The summed E-state index contributed by atoms with van der Waals surface area (Å²) in [6, 6.07) is 72.5. The predicted molar refractivity (Wildman–Crippen MR) is 236 cm³/mol. The van der Waals surface area contributed by atoms with Gasteiger partial charge in [0.2, 0.25) is 0 Å². The fourth-order valence-electron chi connectivity index (χ4n) is 9.71. The van der Waals surface area contributed by atoms with Crippen LogP contribution in [0.4, 0.5) is 17.1 Å². The summed E-state index contributed by atoms with van der Waals surface area (Å²) < 4.78 is 0. The smallest absolute Gasteiger partial charge is 0.0714 e. The molecule has 0 amide bonds. The normalized spacial score (nSPS) is 14.2. The molecule has 56 heavy (non-hydrogen) atoms. The summed E-state index contributed by atoms with van der Waals surface area (Å²) in [5.74, 6) is 0.507. The zero-order chi connectivity index (χ0) is 38.0. The van der Waals surface area contributed by atoms with Crippen molar-refractivity contribution in [3.05, 3.63) is 233 Å². The van der Waals surface area contributed by atoms with E-state index in [4.69, 9.17) is 0 Å². The first-order valence-electron chi connectivity index (χ1n) is 20.0. The van der Waals surface area contributed by atoms with Gasteiger partial charge in [-0.3, -0.25) is 0 Å². The average Bonchev–Trinajstić information content (AvgIpc) is 3.67. The molecule has 0 saturated carbocycles. The lowest BCUT2D eigenvalue weighted by molar-refractivity contribution is 0.660. The van der Waals surface area contributed by atoms with Crippen molar-refractivity contribution in [2.75, 3.05) is 4.90 Å². The fraction of sp³-hybridized carbons (Fsp3) is 0.127. The summed E-state index contributed by atoms with van der Waals surface area (Å²) in [6.07, 6.45) is 0. The number of anilines is 3. The summed E-state index contributed by atoms with van der Waals surface area (Å²) in [5.41, 5.74) is 19.8. The second-order valence-corrected chi connectivity index (χ2v) is 16.3. The molecule has 8 aromatic rings. The molecule has 1 heteroatoms. The highest BCUT2D eigenvalue weighted by molar-refractivity contribution is 5.91. The van der Waals surface area contributed by atoms with Gasteiger partial charge in [-0.25, -0.2) is 0 Å². The molecule has 0 heterocycles. The van der Waals surface area contributed by atoms with E-state index in [9.17, 15) is 0 Å². The molecule has 8 aromatic carbocycles. The highest BCUT2D eigenvalue weighted by Gasteiger charge is 2.46. The van der Waals surface area contributed by atoms with E-state index in [-0.39, 0.29) is 5.41 Å². The lowest BCUT2D eigenvalue weighted by Crippen LogP contribution is -2.28. The highest BCUT2D eigenvalue weighted by Crippen LogP contribution is 2.57. The lowest BCUT2D eigenvalue weighted by atomic mass is 9.67. The first kappa shape index (κ1) is 34.1. The molecule has 0 bridgehead atoms. The third-order valence-electron chi connectivity index (χ3n) is 12.6. The molecule has 0 N–H and O–H groups in total. The quantitative estimate of drug-likeness (QED) is 0.159. The molecule has 1 nitrogen and oxygen atoms in total. The summed E-state index contributed by atoms with van der Waals surface area (Å²) in [4.78, 5) is 2.47. The zero-order valence-corrected chi connectivity index (χ0v) is 32.5. The molecule has 0 atom stereocenters. The summed E-state index contributed by atoms with van der Waals surface area (Å²) in [6.45, 7) is 9.23. The van der Waals surface area contributed by atoms with Crippen LogP contribution in [-0.4, -0.2) is 0 Å². The van der Waals surface area contributed by atoms with Crippen LogP contribution in [0.5, 0.6) is 0 Å². The van der Waals surface area contributed by atoms with Crippen LogP contribution in [0.15, 0.2) is 194 Å². The van der Waals surface area contributed by atoms with Crippen LogP contribution in [0.1, 0.15) is 72.6 Å². The zero-order valence-electron chi connectivity index (χ0n) is 32.5. The Morgan fingerprint density at radius 1 is 0.375 bits per heavy atom. The molecule has 2 aliphatic carbocycles. The molecule has 0 saturated heterocycles. The van der Waals surface area contributed by atoms with E-state index in [1.54, 1.807) is 0 Å². The Morgan fingerprint density at radius 3 is 1.38 bits per heavy atom. The second-order valence-electron chi connectivity index (χ2n) is 16.3. The van der Waals surface area contributed by atoms with Gasteiger partial charge in [0.05, 0.1) is 5.41 Å². The SMILES string of the molecule is CC(C)c1ccc(-c2ccc(N(c3ccc4c(c3)C(C)(C)c3ccccc3-4)c3ccc4c(c3)C(c3ccccc3)(c3ccccc3)c3ccccc3-4)cc2)cc1. The van der Waals surface area contributed by atoms with Gasteiger partial charge in [0.15, 0.2) is 0 Å². The van der Waals surface area contributed by atoms with Crippen molar-refractivity contribution in [3.63, 3.8) is 0 Å². The van der Waals surface area contributed by atoms with Gasteiger partial charge in [-0.15, -0.1) is 0 Å². The van der Waals surface area contributed by atoms with Crippen LogP contribution in [-0.2, 0) is 10.8 Å². The Bertz CT molecular complexity index is 2680. The molecule has 0 fully saturated rings. The van der Waals surface area contributed by atoms with Gasteiger partial charge in [-0.2, -0.15) is 0 Å². The number of rotatable bonds is 7. The van der Waals surface area contributed by atoms with Crippen molar-refractivity contribution in [1.82, 2.24) is 0 Å². The van der Waals surface area contributed by atoms with Crippen LogP contribution in [0.25, 0.3) is 33.4 Å². The number of hydrogen-bond donors (Lipinski definition) is 0. The van der Waals surface area contributed by atoms with Crippen molar-refractivity contribution in [2.24, 2.45) is 0 Å². The Labute approximate surface area is 331 Å². The number of nitrogens with zero attached hydrogens (tertiary/aromatic N) is 1. The summed E-state index contributed by atoms with van der Waals surface area (Å²) >= 11 is 0. The predicted octanol–water partition coefficient (Wildman–Crippen LogP) is 14.6. The molecule has 0 unspecified atom stereocenters. The topological polar surface area (TPSA) is 3.24 Å². The van der Waals surface area contributed by atoms with Crippen molar-refractivity contribution in [1.29, 1.82) is 0 Å². The molecular formula is C55H45N. The van der Waals surface area contributed by atoms with E-state index in [1.165, 1.54) is 72.3 Å². The second kappa shape index (κ2) is 13.1. The fourth-order valence-corrected chi connectivity index (χ4v) is 9.71. The van der Waals surface area contributed by atoms with Crippen molar-refractivity contribution < 1.29 is 0 Å². The highest BCUT2D eigenvalue weighted by atomic mass is 15.1. The minimum atomic E-state index is -0.482. The van der Waals surface area contributed by atoms with Gasteiger partial charge in [0.25, 0.3) is 0 Å². The van der Waals surface area contributed by atoms with Crippen molar-refractivity contribution in [3.8, 4) is 33.4 Å². The maximum absolute atomic E-state index is 2.47. The van der Waals surface area contributed by atoms with Gasteiger partial charge in [-0.1, -0.05) is 185 Å². The van der Waals surface area contributed by atoms with Crippen LogP contribution < -0.4 is 4.90 Å². The van der Waals surface area contributed by atoms with Crippen LogP contribution in [0.2, 0.25) is 0 Å². The standard InChI is InChI=1S/C55H45N/c1-37(2)38-23-25-39(26-24-38)40-27-29-43(30-28-40)56(44-31-33-48-46-19-11-13-21-50(46)54(3,4)52(48)35-44)45-32-34-49-47-20-12-14-22-51(47)55(53(49)36-45,41-15-7-5-8-16-41)42-17-9-6-10-18-42/h5-37H,1-4H3. The Morgan fingerprint density at radius 2 is 0.804 bits per heavy atom. The lowest BCUT2D eigenvalue weighted by Gasteiger charge is -2.35. The van der Waals surface area contributed by atoms with Crippen LogP contribution in [0.3, 0.4) is 0 Å². The van der Waals surface area contributed by atoms with Gasteiger partial charge in [0, 0.05) is 22.5 Å². The molecule has 0 aliphatic heterocycles. The molecule has 10 rings (SSSR count). The number of benzene rings is 8. The Kier molecular flexibility index (Phi) is 7.97. The van der Waals surface area contributed by atoms with Gasteiger partial charge < -0.3 is 4.90 Å². The first-order valence-corrected chi connectivity index (χ1v) is 20.0. The molecular weight excluding hydrogens is 675 g/mol. The Hall–Kier alpha value is -6.44. The van der Waals surface area contributed by atoms with E-state index in [2.05, 4.69) is 227 Å². The molecule has 0 spiro atoms. The minimum Gasteiger partial charge on any atom is -0.310 e. The van der Waals surface area contributed by atoms with Crippen molar-refractivity contribution in [2.45, 2.75) is 44.4 Å². The monoisotopic (exact) mass is 719 g/mol. The van der Waals surface area contributed by atoms with E-state index < -0.39 is 5.41 Å². The third-order valence-corrected chi connectivity index (χ3v) is 12.6. The largest absolute Gasteiger partial charge is 0.310 e. The van der Waals surface area contributed by atoms with Crippen LogP contribution in [0, 0.1) is 0 Å². The third kappa shape index (κ3) is 5.15. The molecule has 270 valence electrons. The molecule has 2 aliphatic rings. The van der Waals surface area contributed by atoms with Crippen LogP contribution >= 0.6 is 0 Å². The maximum atomic E-state index is 2.47. The number of fused-ring (bicyclic) bond motifs is 6. The maximum Gasteiger partial charge on any atom is 0.0714 e. The van der Waals surface area contributed by atoms with E-state index in [1.807, 2.05) is 0 Å². The summed E-state index contributed by atoms with van der Waals surface area (Å²) in [5, 5.41) is 0. The van der Waals surface area contributed by atoms with Gasteiger partial charge in [-0.05, 0) is 115 Å². The molecule has 0 radical (unpaired) electrons. The average molecular weight is 720 g/mol. The number of hydrogen-bond acceptors (Lipinski definition) is 1. The van der Waals surface area contributed by atoms with Gasteiger partial charge in [0.1, 0.15) is 0 Å². The molecule has 0 aromatic heterocycles. The van der Waals surface area contributed by atoms with E-state index in [0.29, 0.717) is 5.92 Å². The van der Waals surface area contributed by atoms with Crippen molar-refractivity contribution >= 4 is 17.1 Å². The van der Waals surface area contributed by atoms with Gasteiger partial charge >= 0.3 is 0 Å².